The minimum Gasteiger partial charge on any atom is -0.442 e. The molecule has 2 rings (SSSR count). The third-order valence-corrected chi connectivity index (χ3v) is 2.37. The van der Waals surface area contributed by atoms with Crippen LogP contribution < -0.4 is 0 Å². The van der Waals surface area contributed by atoms with E-state index in [1.807, 2.05) is 0 Å². The first-order valence-electron chi connectivity index (χ1n) is 4.31. The molecule has 0 aromatic carbocycles. The van der Waals surface area contributed by atoms with Gasteiger partial charge in [0.2, 0.25) is 5.78 Å². The second-order valence-corrected chi connectivity index (χ2v) is 3.18. The van der Waals surface area contributed by atoms with E-state index < -0.39 is 0 Å². The second-order valence-electron chi connectivity index (χ2n) is 3.18. The Morgan fingerprint density at radius 1 is 1.50 bits per heavy atom. The highest BCUT2D eigenvalue weighted by Gasteiger charge is 2.26. The molecule has 0 radical (unpaired) electrons. The molecule has 0 amide bonds. The summed E-state index contributed by atoms with van der Waals surface area (Å²) in [5.41, 5.74) is 0. The van der Waals surface area contributed by atoms with E-state index in [1.54, 1.807) is 0 Å². The van der Waals surface area contributed by atoms with Crippen LogP contribution in [0.5, 0.6) is 0 Å². The van der Waals surface area contributed by atoms with Gasteiger partial charge < -0.3 is 4.42 Å². The smallest absolute Gasteiger partial charge is 0.263 e. The molecule has 64 valence electrons. The van der Waals surface area contributed by atoms with Crippen molar-refractivity contribution in [3.05, 3.63) is 18.4 Å². The van der Waals surface area contributed by atoms with E-state index in [0.29, 0.717) is 0 Å². The van der Waals surface area contributed by atoms with Crippen molar-refractivity contribution in [3.63, 3.8) is 0 Å². The Morgan fingerprint density at radius 3 is 2.83 bits per heavy atom. The summed E-state index contributed by atoms with van der Waals surface area (Å²) in [4.78, 5) is 15.4. The summed E-state index contributed by atoms with van der Waals surface area (Å²) >= 11 is 0. The highest BCUT2D eigenvalue weighted by molar-refractivity contribution is 5.93. The fourth-order valence-corrected chi connectivity index (χ4v) is 1.71. The zero-order valence-corrected chi connectivity index (χ0v) is 6.82. The molecule has 3 heteroatoms. The SMILES string of the molecule is O=C(c1ncco1)C1CCCC1. The van der Waals surface area contributed by atoms with Gasteiger partial charge in [-0.25, -0.2) is 4.98 Å². The molecule has 1 aromatic rings. The average Bonchev–Trinajstić information content (AvgIpc) is 2.77. The first-order valence-corrected chi connectivity index (χ1v) is 4.31. The average molecular weight is 165 g/mol. The summed E-state index contributed by atoms with van der Waals surface area (Å²) in [6.07, 6.45) is 7.29. The summed E-state index contributed by atoms with van der Waals surface area (Å²) in [6.45, 7) is 0. The molecule has 0 atom stereocenters. The Balaban J connectivity index is 2.09. The van der Waals surface area contributed by atoms with E-state index in [-0.39, 0.29) is 17.6 Å². The number of Topliss-reactive ketones (excluding diaryl/α,β-unsaturated/α-hetero) is 1. The van der Waals surface area contributed by atoms with Gasteiger partial charge in [-0.15, -0.1) is 0 Å². The third kappa shape index (κ3) is 1.26. The maximum Gasteiger partial charge on any atom is 0.263 e. The van der Waals surface area contributed by atoms with Crippen molar-refractivity contribution in [2.45, 2.75) is 25.7 Å². The second kappa shape index (κ2) is 3.09. The number of rotatable bonds is 2. The lowest BCUT2D eigenvalue weighted by Gasteiger charge is -2.02. The van der Waals surface area contributed by atoms with Crippen molar-refractivity contribution in [2.24, 2.45) is 5.92 Å². The molecule has 1 aliphatic rings. The van der Waals surface area contributed by atoms with E-state index in [2.05, 4.69) is 4.98 Å². The van der Waals surface area contributed by atoms with Gasteiger partial charge in [-0.3, -0.25) is 4.79 Å². The molecule has 0 saturated heterocycles. The molecule has 0 N–H and O–H groups in total. The predicted octanol–water partition coefficient (Wildman–Crippen LogP) is 2.05. The van der Waals surface area contributed by atoms with Gasteiger partial charge in [-0.05, 0) is 12.8 Å². The predicted molar refractivity (Wildman–Crippen MR) is 42.8 cm³/mol. The normalized spacial score (nSPS) is 18.3. The number of carbonyl (C=O) groups is 1. The third-order valence-electron chi connectivity index (χ3n) is 2.37. The van der Waals surface area contributed by atoms with Gasteiger partial charge in [0.1, 0.15) is 6.26 Å². The number of aromatic nitrogens is 1. The van der Waals surface area contributed by atoms with E-state index in [9.17, 15) is 4.79 Å². The van der Waals surface area contributed by atoms with E-state index in [1.165, 1.54) is 12.5 Å². The Kier molecular flexibility index (Phi) is 1.94. The summed E-state index contributed by atoms with van der Waals surface area (Å²) in [5.74, 6) is 0.531. The van der Waals surface area contributed by atoms with Gasteiger partial charge in [-0.1, -0.05) is 12.8 Å². The monoisotopic (exact) mass is 165 g/mol. The van der Waals surface area contributed by atoms with Crippen LogP contribution in [0.25, 0.3) is 0 Å². The van der Waals surface area contributed by atoms with Crippen molar-refractivity contribution >= 4 is 5.78 Å². The zero-order chi connectivity index (χ0) is 8.39. The largest absolute Gasteiger partial charge is 0.442 e. The highest BCUT2D eigenvalue weighted by Crippen LogP contribution is 2.27. The van der Waals surface area contributed by atoms with Gasteiger partial charge in [0.25, 0.3) is 5.89 Å². The fraction of sp³-hybridized carbons (Fsp3) is 0.556. The quantitative estimate of drug-likeness (QED) is 0.630. The maximum absolute atomic E-state index is 11.6. The van der Waals surface area contributed by atoms with Crippen molar-refractivity contribution in [1.29, 1.82) is 0 Å². The number of nitrogens with zero attached hydrogens (tertiary/aromatic N) is 1. The Bertz CT molecular complexity index is 260. The standard InChI is InChI=1S/C9H11NO2/c11-8(7-3-1-2-4-7)9-10-5-6-12-9/h5-7H,1-4H2. The van der Waals surface area contributed by atoms with Crippen LogP contribution in [0, 0.1) is 5.92 Å². The van der Waals surface area contributed by atoms with Gasteiger partial charge in [0, 0.05) is 5.92 Å². The molecule has 1 saturated carbocycles. The molecule has 0 unspecified atom stereocenters. The maximum atomic E-state index is 11.6. The van der Waals surface area contributed by atoms with E-state index >= 15 is 0 Å². The molecule has 1 aliphatic carbocycles. The minimum absolute atomic E-state index is 0.0810. The molecular weight excluding hydrogens is 154 g/mol. The zero-order valence-electron chi connectivity index (χ0n) is 6.82. The number of hydrogen-bond donors (Lipinski definition) is 0. The minimum atomic E-state index is 0.0810. The van der Waals surface area contributed by atoms with Crippen molar-refractivity contribution in [3.8, 4) is 0 Å². The Hall–Kier alpha value is -1.12. The lowest BCUT2D eigenvalue weighted by molar-refractivity contribution is 0.0887. The molecule has 0 spiro atoms. The van der Waals surface area contributed by atoms with Crippen LogP contribution in [-0.4, -0.2) is 10.8 Å². The fourth-order valence-electron chi connectivity index (χ4n) is 1.71. The van der Waals surface area contributed by atoms with Gasteiger partial charge in [-0.2, -0.15) is 0 Å². The van der Waals surface area contributed by atoms with Crippen molar-refractivity contribution < 1.29 is 9.21 Å². The van der Waals surface area contributed by atoms with Crippen LogP contribution in [0.1, 0.15) is 36.4 Å². The van der Waals surface area contributed by atoms with Crippen LogP contribution >= 0.6 is 0 Å². The summed E-state index contributed by atoms with van der Waals surface area (Å²) in [6, 6.07) is 0. The summed E-state index contributed by atoms with van der Waals surface area (Å²) in [7, 11) is 0. The van der Waals surface area contributed by atoms with Crippen LogP contribution in [0.2, 0.25) is 0 Å². The van der Waals surface area contributed by atoms with E-state index in [4.69, 9.17) is 4.42 Å². The molecule has 1 aromatic heterocycles. The van der Waals surface area contributed by atoms with Crippen molar-refractivity contribution in [1.82, 2.24) is 4.98 Å². The van der Waals surface area contributed by atoms with Crippen molar-refractivity contribution in [2.75, 3.05) is 0 Å². The summed E-state index contributed by atoms with van der Waals surface area (Å²) in [5, 5.41) is 0. The molecule has 0 aliphatic heterocycles. The molecule has 12 heavy (non-hydrogen) atoms. The molecule has 1 heterocycles. The van der Waals surface area contributed by atoms with E-state index in [0.717, 1.165) is 25.7 Å². The van der Waals surface area contributed by atoms with Crippen LogP contribution in [0.4, 0.5) is 0 Å². The van der Waals surface area contributed by atoms with Crippen LogP contribution in [0.3, 0.4) is 0 Å². The molecule has 0 bridgehead atoms. The number of ketones is 1. The lowest BCUT2D eigenvalue weighted by atomic mass is 10.0. The Morgan fingerprint density at radius 2 is 2.25 bits per heavy atom. The highest BCUT2D eigenvalue weighted by atomic mass is 16.3. The molecular formula is C9H11NO2. The molecule has 3 nitrogen and oxygen atoms in total. The number of oxazole rings is 1. The van der Waals surface area contributed by atoms with Crippen LogP contribution in [0.15, 0.2) is 16.9 Å². The van der Waals surface area contributed by atoms with Gasteiger partial charge in [0.15, 0.2) is 0 Å². The molecule has 1 fully saturated rings. The first kappa shape index (κ1) is 7.53. The van der Waals surface area contributed by atoms with Gasteiger partial charge >= 0.3 is 0 Å². The first-order chi connectivity index (χ1) is 5.88. The number of hydrogen-bond acceptors (Lipinski definition) is 3. The lowest BCUT2D eigenvalue weighted by Crippen LogP contribution is -2.10. The van der Waals surface area contributed by atoms with Crippen LogP contribution in [-0.2, 0) is 0 Å². The Labute approximate surface area is 70.8 Å². The summed E-state index contributed by atoms with van der Waals surface area (Å²) < 4.78 is 4.95. The van der Waals surface area contributed by atoms with Gasteiger partial charge in [0.05, 0.1) is 6.20 Å². The number of carbonyl (C=O) groups excluding carboxylic acids is 1. The topological polar surface area (TPSA) is 43.1 Å².